The molecule has 1 aliphatic heterocycles. The molecule has 0 radical (unpaired) electrons. The van der Waals surface area contributed by atoms with Gasteiger partial charge in [0.25, 0.3) is 0 Å². The van der Waals surface area contributed by atoms with Crippen molar-refractivity contribution in [2.45, 2.75) is 12.5 Å². The first kappa shape index (κ1) is 18.6. The van der Waals surface area contributed by atoms with Crippen LogP contribution in [0.5, 0.6) is 17.2 Å². The number of carbonyl (C=O) groups is 2. The second-order valence-corrected chi connectivity index (χ2v) is 5.97. The molecule has 0 aliphatic carbocycles. The minimum absolute atomic E-state index is 0.0931. The van der Waals surface area contributed by atoms with Crippen LogP contribution in [0.2, 0.25) is 0 Å². The van der Waals surface area contributed by atoms with E-state index in [4.69, 9.17) is 18.9 Å². The lowest BCUT2D eigenvalue weighted by atomic mass is 10.1. The molecule has 0 spiro atoms. The van der Waals surface area contributed by atoms with Crippen molar-refractivity contribution < 1.29 is 28.5 Å². The number of esters is 1. The standard InChI is InChI=1S/C20H21NO6/c1-24-16-9-8-13(10-17(16)25-2)11-19(22)21-12-18(20(23)26-3)27-15-7-5-4-6-14(15)21/h4-10,18H,11-12H2,1-3H3. The Bertz CT molecular complexity index is 850. The van der Waals surface area contributed by atoms with Crippen LogP contribution in [0, 0.1) is 0 Å². The van der Waals surface area contributed by atoms with Crippen LogP contribution in [0.25, 0.3) is 0 Å². The predicted molar refractivity (Wildman–Crippen MR) is 98.5 cm³/mol. The van der Waals surface area contributed by atoms with E-state index >= 15 is 0 Å². The molecule has 3 rings (SSSR count). The third-order valence-corrected chi connectivity index (χ3v) is 4.34. The number of nitrogens with zero attached hydrogens (tertiary/aromatic N) is 1. The Morgan fingerprint density at radius 1 is 1.07 bits per heavy atom. The van der Waals surface area contributed by atoms with Crippen LogP contribution in [0.15, 0.2) is 42.5 Å². The Labute approximate surface area is 157 Å². The largest absolute Gasteiger partial charge is 0.493 e. The highest BCUT2D eigenvalue weighted by Crippen LogP contribution is 2.34. The monoisotopic (exact) mass is 371 g/mol. The molecule has 1 aliphatic rings. The number of fused-ring (bicyclic) bond motifs is 1. The Hall–Kier alpha value is -3.22. The number of hydrogen-bond donors (Lipinski definition) is 0. The molecule has 7 heteroatoms. The zero-order valence-corrected chi connectivity index (χ0v) is 15.4. The summed E-state index contributed by atoms with van der Waals surface area (Å²) in [7, 11) is 4.39. The van der Waals surface area contributed by atoms with E-state index in [0.717, 1.165) is 5.56 Å². The highest BCUT2D eigenvalue weighted by atomic mass is 16.6. The van der Waals surface area contributed by atoms with E-state index in [9.17, 15) is 9.59 Å². The highest BCUT2D eigenvalue weighted by Gasteiger charge is 2.34. The molecule has 0 fully saturated rings. The summed E-state index contributed by atoms with van der Waals surface area (Å²) < 4.78 is 21.0. The van der Waals surface area contributed by atoms with E-state index in [1.54, 1.807) is 49.5 Å². The molecule has 0 saturated heterocycles. The molecule has 0 aromatic heterocycles. The third-order valence-electron chi connectivity index (χ3n) is 4.34. The fourth-order valence-corrected chi connectivity index (χ4v) is 2.99. The van der Waals surface area contributed by atoms with Crippen molar-refractivity contribution >= 4 is 17.6 Å². The van der Waals surface area contributed by atoms with E-state index in [2.05, 4.69) is 0 Å². The Balaban J connectivity index is 1.86. The minimum atomic E-state index is -0.862. The van der Waals surface area contributed by atoms with E-state index in [0.29, 0.717) is 22.9 Å². The first-order valence-electron chi connectivity index (χ1n) is 8.42. The van der Waals surface area contributed by atoms with Crippen LogP contribution in [0.3, 0.4) is 0 Å². The van der Waals surface area contributed by atoms with Crippen molar-refractivity contribution in [3.63, 3.8) is 0 Å². The maximum absolute atomic E-state index is 13.0. The van der Waals surface area contributed by atoms with Crippen molar-refractivity contribution in [3.05, 3.63) is 48.0 Å². The normalized spacial score (nSPS) is 15.4. The molecular weight excluding hydrogens is 350 g/mol. The summed E-state index contributed by atoms with van der Waals surface area (Å²) in [5, 5.41) is 0. The molecule has 1 amide bonds. The van der Waals surface area contributed by atoms with Crippen LogP contribution >= 0.6 is 0 Å². The van der Waals surface area contributed by atoms with Gasteiger partial charge >= 0.3 is 5.97 Å². The summed E-state index contributed by atoms with van der Waals surface area (Å²) in [6, 6.07) is 12.4. The first-order valence-corrected chi connectivity index (χ1v) is 8.42. The van der Waals surface area contributed by atoms with Crippen molar-refractivity contribution in [1.82, 2.24) is 0 Å². The molecular formula is C20H21NO6. The zero-order chi connectivity index (χ0) is 19.4. The van der Waals surface area contributed by atoms with Gasteiger partial charge in [-0.3, -0.25) is 4.79 Å². The average Bonchev–Trinajstić information content (AvgIpc) is 2.72. The summed E-state index contributed by atoms with van der Waals surface area (Å²) in [6.07, 6.45) is -0.720. The molecule has 0 bridgehead atoms. The molecule has 0 saturated carbocycles. The third kappa shape index (κ3) is 3.81. The molecule has 142 valence electrons. The maximum Gasteiger partial charge on any atom is 0.348 e. The van der Waals surface area contributed by atoms with Crippen LogP contribution in [-0.2, 0) is 20.7 Å². The Morgan fingerprint density at radius 2 is 1.81 bits per heavy atom. The van der Waals surface area contributed by atoms with Crippen molar-refractivity contribution in [2.24, 2.45) is 0 Å². The van der Waals surface area contributed by atoms with E-state index in [-0.39, 0.29) is 18.9 Å². The number of hydrogen-bond acceptors (Lipinski definition) is 6. The summed E-state index contributed by atoms with van der Waals surface area (Å²) in [5.41, 5.74) is 1.40. The number of para-hydroxylation sites is 2. The fraction of sp³-hybridized carbons (Fsp3) is 0.300. The van der Waals surface area contributed by atoms with Gasteiger partial charge in [-0.1, -0.05) is 18.2 Å². The highest BCUT2D eigenvalue weighted by molar-refractivity contribution is 5.98. The smallest absolute Gasteiger partial charge is 0.348 e. The Morgan fingerprint density at radius 3 is 2.52 bits per heavy atom. The van der Waals surface area contributed by atoms with Crippen molar-refractivity contribution in [1.29, 1.82) is 0 Å². The number of anilines is 1. The SMILES string of the molecule is COC(=O)C1CN(C(=O)Cc2ccc(OC)c(OC)c2)c2ccccc2O1. The van der Waals surface area contributed by atoms with Gasteiger partial charge in [-0.2, -0.15) is 0 Å². The lowest BCUT2D eigenvalue weighted by Crippen LogP contribution is -2.48. The maximum atomic E-state index is 13.0. The predicted octanol–water partition coefficient (Wildman–Crippen LogP) is 2.21. The molecule has 1 heterocycles. The fourth-order valence-electron chi connectivity index (χ4n) is 2.99. The van der Waals surface area contributed by atoms with E-state index in [1.807, 2.05) is 12.1 Å². The van der Waals surface area contributed by atoms with Gasteiger partial charge in [-0.15, -0.1) is 0 Å². The second kappa shape index (κ2) is 7.99. The van der Waals surface area contributed by atoms with Crippen LogP contribution in [0.1, 0.15) is 5.56 Å². The van der Waals surface area contributed by atoms with Gasteiger partial charge in [0, 0.05) is 0 Å². The van der Waals surface area contributed by atoms with Crippen LogP contribution in [0.4, 0.5) is 5.69 Å². The van der Waals surface area contributed by atoms with Gasteiger partial charge in [0.2, 0.25) is 12.0 Å². The van der Waals surface area contributed by atoms with Crippen LogP contribution in [-0.4, -0.2) is 45.9 Å². The topological polar surface area (TPSA) is 74.3 Å². The molecule has 1 unspecified atom stereocenters. The van der Waals surface area contributed by atoms with Crippen molar-refractivity contribution in [3.8, 4) is 17.2 Å². The summed E-state index contributed by atoms with van der Waals surface area (Å²) in [5.74, 6) is 0.939. The minimum Gasteiger partial charge on any atom is -0.493 e. The van der Waals surface area contributed by atoms with Crippen LogP contribution < -0.4 is 19.1 Å². The number of carbonyl (C=O) groups excluding carboxylic acids is 2. The van der Waals surface area contributed by atoms with Gasteiger partial charge < -0.3 is 23.8 Å². The average molecular weight is 371 g/mol. The number of ether oxygens (including phenoxy) is 4. The summed E-state index contributed by atoms with van der Waals surface area (Å²) in [4.78, 5) is 26.5. The Kier molecular flexibility index (Phi) is 5.49. The first-order chi connectivity index (χ1) is 13.1. The zero-order valence-electron chi connectivity index (χ0n) is 15.4. The molecule has 1 atom stereocenters. The number of rotatable bonds is 5. The number of amides is 1. The quantitative estimate of drug-likeness (QED) is 0.751. The number of benzene rings is 2. The van der Waals surface area contributed by atoms with Gasteiger partial charge in [0.05, 0.1) is 40.0 Å². The summed E-state index contributed by atoms with van der Waals surface area (Å²) in [6.45, 7) is 0.0931. The van der Waals surface area contributed by atoms with E-state index < -0.39 is 12.1 Å². The lowest BCUT2D eigenvalue weighted by Gasteiger charge is -2.33. The second-order valence-electron chi connectivity index (χ2n) is 5.97. The molecule has 2 aromatic carbocycles. The summed E-state index contributed by atoms with van der Waals surface area (Å²) >= 11 is 0. The lowest BCUT2D eigenvalue weighted by molar-refractivity contribution is -0.148. The van der Waals surface area contributed by atoms with Gasteiger partial charge in [-0.05, 0) is 29.8 Å². The van der Waals surface area contributed by atoms with Gasteiger partial charge in [0.15, 0.2) is 11.5 Å². The van der Waals surface area contributed by atoms with Crippen molar-refractivity contribution in [2.75, 3.05) is 32.8 Å². The molecule has 27 heavy (non-hydrogen) atoms. The molecule has 0 N–H and O–H groups in total. The van der Waals surface area contributed by atoms with Gasteiger partial charge in [0.1, 0.15) is 5.75 Å². The van der Waals surface area contributed by atoms with Gasteiger partial charge in [-0.25, -0.2) is 4.79 Å². The molecule has 2 aromatic rings. The molecule has 7 nitrogen and oxygen atoms in total. The number of methoxy groups -OCH3 is 3. The van der Waals surface area contributed by atoms with E-state index in [1.165, 1.54) is 7.11 Å².